The molecule has 0 fully saturated rings. The van der Waals surface area contributed by atoms with E-state index in [4.69, 9.17) is 15.4 Å². The number of rotatable bonds is 8. The summed E-state index contributed by atoms with van der Waals surface area (Å²) in [5, 5.41) is 11.1. The van der Waals surface area contributed by atoms with E-state index in [0.29, 0.717) is 11.3 Å². The predicted octanol–water partition coefficient (Wildman–Crippen LogP) is 1.61. The topological polar surface area (TPSA) is 109 Å². The molecule has 1 heterocycles. The Bertz CT molecular complexity index is 457. The number of nitrogens with two attached hydrogens (primary N) is 1. The molecule has 108 valence electrons. The van der Waals surface area contributed by atoms with Crippen LogP contribution in [0.4, 0.5) is 0 Å². The maximum atomic E-state index is 11.7. The molecule has 1 aromatic heterocycles. The third kappa shape index (κ3) is 3.96. The van der Waals surface area contributed by atoms with E-state index in [-0.39, 0.29) is 17.9 Å². The van der Waals surface area contributed by atoms with Crippen LogP contribution < -0.4 is 11.3 Å². The van der Waals surface area contributed by atoms with Crippen LogP contribution in [-0.4, -0.2) is 22.3 Å². The molecule has 1 rings (SSSR count). The summed E-state index contributed by atoms with van der Waals surface area (Å²) in [6.45, 7) is 4.13. The number of nitrogens with one attached hydrogen (secondary N) is 1. The minimum absolute atomic E-state index is 0.000425. The van der Waals surface area contributed by atoms with E-state index in [9.17, 15) is 9.59 Å². The van der Waals surface area contributed by atoms with E-state index in [1.807, 2.05) is 0 Å². The van der Waals surface area contributed by atoms with Crippen molar-refractivity contribution < 1.29 is 14.4 Å². The average molecular weight is 270 g/mol. The van der Waals surface area contributed by atoms with Crippen LogP contribution >= 0.6 is 0 Å². The lowest BCUT2D eigenvalue weighted by molar-refractivity contribution is -0.138. The molecule has 0 aliphatic rings. The Hall–Kier alpha value is -1.56. The van der Waals surface area contributed by atoms with Gasteiger partial charge in [-0.3, -0.25) is 9.59 Å². The van der Waals surface area contributed by atoms with Crippen LogP contribution in [0.5, 0.6) is 0 Å². The molecule has 0 radical (unpaired) electrons. The van der Waals surface area contributed by atoms with Crippen LogP contribution in [0.3, 0.4) is 0 Å². The van der Waals surface area contributed by atoms with Crippen molar-refractivity contribution in [3.8, 4) is 0 Å². The molecule has 1 atom stereocenters. The monoisotopic (exact) mass is 270 g/mol. The second kappa shape index (κ2) is 7.13. The summed E-state index contributed by atoms with van der Waals surface area (Å²) >= 11 is 0. The van der Waals surface area contributed by atoms with E-state index in [2.05, 4.69) is 19.0 Å². The second-order valence-electron chi connectivity index (χ2n) is 4.80. The largest absolute Gasteiger partial charge is 0.480 e. The van der Waals surface area contributed by atoms with Crippen LogP contribution in [0.1, 0.15) is 56.8 Å². The normalized spacial score (nSPS) is 12.8. The number of hydrogen-bond donors (Lipinski definition) is 3. The highest BCUT2D eigenvalue weighted by atomic mass is 16.5. The molecule has 0 saturated heterocycles. The van der Waals surface area contributed by atoms with Crippen LogP contribution in [0.15, 0.2) is 9.32 Å². The Balaban J connectivity index is 3.00. The van der Waals surface area contributed by atoms with Gasteiger partial charge in [-0.1, -0.05) is 26.7 Å². The third-order valence-corrected chi connectivity index (χ3v) is 3.21. The molecule has 0 aromatic carbocycles. The number of aromatic amines is 1. The van der Waals surface area contributed by atoms with Gasteiger partial charge in [0.1, 0.15) is 11.8 Å². The van der Waals surface area contributed by atoms with Crippen molar-refractivity contribution in [2.75, 3.05) is 0 Å². The number of hydrogen-bond acceptors (Lipinski definition) is 4. The summed E-state index contributed by atoms with van der Waals surface area (Å²) in [5.41, 5.74) is 5.50. The Labute approximate surface area is 112 Å². The predicted molar refractivity (Wildman–Crippen MR) is 71.2 cm³/mol. The van der Waals surface area contributed by atoms with E-state index in [0.717, 1.165) is 25.7 Å². The second-order valence-corrected chi connectivity index (χ2v) is 4.80. The van der Waals surface area contributed by atoms with Crippen molar-refractivity contribution in [2.24, 2.45) is 5.73 Å². The van der Waals surface area contributed by atoms with Gasteiger partial charge in [-0.15, -0.1) is 0 Å². The van der Waals surface area contributed by atoms with Crippen molar-refractivity contribution in [2.45, 2.75) is 57.9 Å². The molecule has 6 heteroatoms. The molecule has 6 nitrogen and oxygen atoms in total. The maximum Gasteiger partial charge on any atom is 0.320 e. The lowest BCUT2D eigenvalue weighted by Gasteiger charge is -2.14. The molecule has 0 saturated carbocycles. The van der Waals surface area contributed by atoms with Gasteiger partial charge in [-0.2, -0.15) is 5.16 Å². The van der Waals surface area contributed by atoms with Gasteiger partial charge in [0.25, 0.3) is 5.56 Å². The smallest absolute Gasteiger partial charge is 0.320 e. The first kappa shape index (κ1) is 15.5. The van der Waals surface area contributed by atoms with Crippen molar-refractivity contribution in [3.63, 3.8) is 0 Å². The molecule has 0 spiro atoms. The molecule has 4 N–H and O–H groups in total. The van der Waals surface area contributed by atoms with Crippen molar-refractivity contribution in [3.05, 3.63) is 21.7 Å². The minimum Gasteiger partial charge on any atom is -0.480 e. The van der Waals surface area contributed by atoms with Gasteiger partial charge in [0.05, 0.1) is 5.56 Å². The first-order valence-corrected chi connectivity index (χ1v) is 6.69. The molecule has 0 bridgehead atoms. The van der Waals surface area contributed by atoms with Gasteiger partial charge in [-0.05, 0) is 12.8 Å². The van der Waals surface area contributed by atoms with E-state index >= 15 is 0 Å². The fourth-order valence-electron chi connectivity index (χ4n) is 2.27. The van der Waals surface area contributed by atoms with E-state index in [1.54, 1.807) is 0 Å². The summed E-state index contributed by atoms with van der Waals surface area (Å²) in [7, 11) is 0. The van der Waals surface area contributed by atoms with Crippen LogP contribution in [0, 0.1) is 0 Å². The first-order chi connectivity index (χ1) is 9.01. The van der Waals surface area contributed by atoms with Crippen molar-refractivity contribution in [1.82, 2.24) is 5.16 Å². The van der Waals surface area contributed by atoms with E-state index < -0.39 is 12.0 Å². The maximum absolute atomic E-state index is 11.7. The molecule has 1 unspecified atom stereocenters. The number of carbonyl (C=O) groups is 1. The molecule has 0 aliphatic heterocycles. The SMILES string of the molecule is CCCC(CCC)c1o[nH]c(=O)c1CC(N)C(=O)O. The summed E-state index contributed by atoms with van der Waals surface area (Å²) in [6.07, 6.45) is 3.77. The highest BCUT2D eigenvalue weighted by molar-refractivity contribution is 5.73. The number of carboxylic acids is 1. The summed E-state index contributed by atoms with van der Waals surface area (Å²) in [6, 6.07) is -1.08. The Kier molecular flexibility index (Phi) is 5.82. The Morgan fingerprint density at radius 1 is 1.37 bits per heavy atom. The van der Waals surface area contributed by atoms with Gasteiger partial charge < -0.3 is 15.4 Å². The van der Waals surface area contributed by atoms with E-state index in [1.165, 1.54) is 0 Å². The quantitative estimate of drug-likeness (QED) is 0.664. The third-order valence-electron chi connectivity index (χ3n) is 3.21. The Morgan fingerprint density at radius 2 is 1.95 bits per heavy atom. The Morgan fingerprint density at radius 3 is 2.42 bits per heavy atom. The van der Waals surface area contributed by atoms with Crippen LogP contribution in [0.25, 0.3) is 0 Å². The van der Waals surface area contributed by atoms with Crippen LogP contribution in [0.2, 0.25) is 0 Å². The molecular formula is C13H22N2O4. The average Bonchev–Trinajstić information content (AvgIpc) is 2.71. The van der Waals surface area contributed by atoms with Gasteiger partial charge in [0.2, 0.25) is 0 Å². The van der Waals surface area contributed by atoms with Crippen LogP contribution in [-0.2, 0) is 11.2 Å². The fraction of sp³-hybridized carbons (Fsp3) is 0.692. The number of carboxylic acid groups (broad SMARTS) is 1. The zero-order valence-corrected chi connectivity index (χ0v) is 11.4. The zero-order chi connectivity index (χ0) is 14.4. The minimum atomic E-state index is -1.12. The number of H-pyrrole nitrogens is 1. The summed E-state index contributed by atoms with van der Waals surface area (Å²) in [4.78, 5) is 22.5. The number of aromatic nitrogens is 1. The first-order valence-electron chi connectivity index (χ1n) is 6.69. The summed E-state index contributed by atoms with van der Waals surface area (Å²) < 4.78 is 5.26. The van der Waals surface area contributed by atoms with Gasteiger partial charge >= 0.3 is 5.97 Å². The standard InChI is InChI=1S/C13H22N2O4/c1-3-5-8(6-4-2)11-9(12(16)15-19-11)7-10(14)13(17)18/h8,10H,3-7,14H2,1-2H3,(H,15,16)(H,17,18). The highest BCUT2D eigenvalue weighted by Crippen LogP contribution is 2.28. The molecule has 0 aliphatic carbocycles. The van der Waals surface area contributed by atoms with Gasteiger partial charge in [-0.25, -0.2) is 0 Å². The summed E-state index contributed by atoms with van der Waals surface area (Å²) in [5.74, 6) is -0.399. The molecule has 0 amide bonds. The van der Waals surface area contributed by atoms with Crippen molar-refractivity contribution in [1.29, 1.82) is 0 Å². The lowest BCUT2D eigenvalue weighted by atomic mass is 9.91. The van der Waals surface area contributed by atoms with Gasteiger partial charge in [0.15, 0.2) is 0 Å². The highest BCUT2D eigenvalue weighted by Gasteiger charge is 2.24. The zero-order valence-electron chi connectivity index (χ0n) is 11.4. The number of aliphatic carboxylic acids is 1. The molecule has 19 heavy (non-hydrogen) atoms. The molecular weight excluding hydrogens is 248 g/mol. The van der Waals surface area contributed by atoms with Crippen molar-refractivity contribution >= 4 is 5.97 Å². The molecule has 1 aromatic rings. The van der Waals surface area contributed by atoms with Gasteiger partial charge in [0, 0.05) is 12.3 Å². The lowest BCUT2D eigenvalue weighted by Crippen LogP contribution is -2.34. The fourth-order valence-corrected chi connectivity index (χ4v) is 2.27.